The minimum Gasteiger partial charge on any atom is -0.373 e. The lowest BCUT2D eigenvalue weighted by atomic mass is 10.1. The molecule has 1 N–H and O–H groups in total. The molecule has 0 atom stereocenters. The highest BCUT2D eigenvalue weighted by atomic mass is 35.5. The van der Waals surface area contributed by atoms with E-state index >= 15 is 0 Å². The minimum absolute atomic E-state index is 0.821. The summed E-state index contributed by atoms with van der Waals surface area (Å²) in [6.07, 6.45) is 0. The van der Waals surface area contributed by atoms with Gasteiger partial charge in [0.05, 0.1) is 10.7 Å². The maximum Gasteiger partial charge on any atom is 0.0642 e. The van der Waals surface area contributed by atoms with Gasteiger partial charge in [-0.05, 0) is 25.6 Å². The van der Waals surface area contributed by atoms with Gasteiger partial charge in [0.25, 0.3) is 0 Å². The van der Waals surface area contributed by atoms with E-state index in [9.17, 15) is 0 Å². The molecule has 14 heavy (non-hydrogen) atoms. The molecular formula is C11H17ClN2. The SMILES string of the molecule is CCN(C)c1c(Cl)cccc1CNC. The minimum atomic E-state index is 0.821. The molecule has 0 amide bonds. The summed E-state index contributed by atoms with van der Waals surface area (Å²) in [6, 6.07) is 6.02. The second-order valence-corrected chi connectivity index (χ2v) is 3.70. The van der Waals surface area contributed by atoms with Gasteiger partial charge in [0.1, 0.15) is 0 Å². The van der Waals surface area contributed by atoms with E-state index in [0.29, 0.717) is 0 Å². The average Bonchev–Trinajstić information content (AvgIpc) is 2.18. The first-order valence-electron chi connectivity index (χ1n) is 4.83. The zero-order valence-corrected chi connectivity index (χ0v) is 9.73. The Morgan fingerprint density at radius 1 is 1.43 bits per heavy atom. The predicted octanol–water partition coefficient (Wildman–Crippen LogP) is 2.52. The third-order valence-electron chi connectivity index (χ3n) is 2.29. The second-order valence-electron chi connectivity index (χ2n) is 3.29. The van der Waals surface area contributed by atoms with E-state index in [4.69, 9.17) is 11.6 Å². The highest BCUT2D eigenvalue weighted by Crippen LogP contribution is 2.28. The summed E-state index contributed by atoms with van der Waals surface area (Å²) in [5, 5.41) is 3.97. The summed E-state index contributed by atoms with van der Waals surface area (Å²) < 4.78 is 0. The van der Waals surface area contributed by atoms with Crippen molar-refractivity contribution in [3.8, 4) is 0 Å². The Kier molecular flexibility index (Phi) is 4.23. The predicted molar refractivity (Wildman–Crippen MR) is 63.2 cm³/mol. The standard InChI is InChI=1S/C11H17ClN2/c1-4-14(3)11-9(8-13-2)6-5-7-10(11)12/h5-7,13H,4,8H2,1-3H3. The Balaban J connectivity index is 3.08. The van der Waals surface area contributed by atoms with Crippen LogP contribution in [-0.2, 0) is 6.54 Å². The summed E-state index contributed by atoms with van der Waals surface area (Å²) in [5.74, 6) is 0. The Hall–Kier alpha value is -0.730. The van der Waals surface area contributed by atoms with Crippen LogP contribution >= 0.6 is 11.6 Å². The number of rotatable bonds is 4. The first kappa shape index (κ1) is 11.3. The van der Waals surface area contributed by atoms with Crippen molar-refractivity contribution in [2.75, 3.05) is 25.5 Å². The summed E-state index contributed by atoms with van der Waals surface area (Å²) in [7, 11) is 4.00. The van der Waals surface area contributed by atoms with Crippen LogP contribution in [0, 0.1) is 0 Å². The maximum atomic E-state index is 6.17. The van der Waals surface area contributed by atoms with E-state index in [1.165, 1.54) is 5.56 Å². The first-order chi connectivity index (χ1) is 6.70. The number of halogens is 1. The van der Waals surface area contributed by atoms with Gasteiger partial charge < -0.3 is 10.2 Å². The van der Waals surface area contributed by atoms with Crippen molar-refractivity contribution in [1.82, 2.24) is 5.32 Å². The van der Waals surface area contributed by atoms with Crippen LogP contribution in [0.5, 0.6) is 0 Å². The summed E-state index contributed by atoms with van der Waals surface area (Å²) in [5.41, 5.74) is 2.37. The van der Waals surface area contributed by atoms with Crippen LogP contribution in [-0.4, -0.2) is 20.6 Å². The van der Waals surface area contributed by atoms with E-state index in [1.807, 2.05) is 19.2 Å². The molecular weight excluding hydrogens is 196 g/mol. The molecule has 2 nitrogen and oxygen atoms in total. The fraction of sp³-hybridized carbons (Fsp3) is 0.455. The molecule has 0 unspecified atom stereocenters. The Morgan fingerprint density at radius 3 is 2.71 bits per heavy atom. The second kappa shape index (κ2) is 5.23. The van der Waals surface area contributed by atoms with Gasteiger partial charge in [-0.3, -0.25) is 0 Å². The third kappa shape index (κ3) is 2.40. The van der Waals surface area contributed by atoms with Crippen molar-refractivity contribution in [3.63, 3.8) is 0 Å². The van der Waals surface area contributed by atoms with Gasteiger partial charge in [0.2, 0.25) is 0 Å². The van der Waals surface area contributed by atoms with E-state index in [-0.39, 0.29) is 0 Å². The Labute approximate surface area is 90.9 Å². The number of hydrogen-bond donors (Lipinski definition) is 1. The van der Waals surface area contributed by atoms with E-state index in [0.717, 1.165) is 23.8 Å². The summed E-state index contributed by atoms with van der Waals surface area (Å²) >= 11 is 6.17. The molecule has 0 spiro atoms. The van der Waals surface area contributed by atoms with E-state index < -0.39 is 0 Å². The molecule has 1 aromatic carbocycles. The van der Waals surface area contributed by atoms with Gasteiger partial charge in [-0.1, -0.05) is 23.7 Å². The van der Waals surface area contributed by atoms with Gasteiger partial charge in [0, 0.05) is 20.1 Å². The number of para-hydroxylation sites is 1. The molecule has 0 saturated heterocycles. The van der Waals surface area contributed by atoms with E-state index in [2.05, 4.69) is 30.3 Å². The lowest BCUT2D eigenvalue weighted by molar-refractivity contribution is 0.809. The van der Waals surface area contributed by atoms with Gasteiger partial charge in [0.15, 0.2) is 0 Å². The summed E-state index contributed by atoms with van der Waals surface area (Å²) in [4.78, 5) is 2.16. The molecule has 0 heterocycles. The lowest BCUT2D eigenvalue weighted by Crippen LogP contribution is -2.19. The molecule has 0 fully saturated rings. The molecule has 1 rings (SSSR count). The van der Waals surface area contributed by atoms with Crippen LogP contribution in [0.25, 0.3) is 0 Å². The van der Waals surface area contributed by atoms with Crippen LogP contribution in [0.15, 0.2) is 18.2 Å². The van der Waals surface area contributed by atoms with E-state index in [1.54, 1.807) is 0 Å². The summed E-state index contributed by atoms with van der Waals surface area (Å²) in [6.45, 7) is 3.92. The number of nitrogens with one attached hydrogen (secondary N) is 1. The maximum absolute atomic E-state index is 6.17. The molecule has 0 aromatic heterocycles. The van der Waals surface area contributed by atoms with Crippen molar-refractivity contribution in [3.05, 3.63) is 28.8 Å². The topological polar surface area (TPSA) is 15.3 Å². The quantitative estimate of drug-likeness (QED) is 0.825. The fourth-order valence-electron chi connectivity index (χ4n) is 1.48. The van der Waals surface area contributed by atoms with Crippen LogP contribution < -0.4 is 10.2 Å². The Bertz CT molecular complexity index is 299. The molecule has 1 aromatic rings. The van der Waals surface area contributed by atoms with Crippen molar-refractivity contribution in [1.29, 1.82) is 0 Å². The van der Waals surface area contributed by atoms with Crippen LogP contribution in [0.2, 0.25) is 5.02 Å². The molecule has 0 aliphatic rings. The fourth-order valence-corrected chi connectivity index (χ4v) is 1.82. The number of benzene rings is 1. The first-order valence-corrected chi connectivity index (χ1v) is 5.21. The number of hydrogen-bond acceptors (Lipinski definition) is 2. The lowest BCUT2D eigenvalue weighted by Gasteiger charge is -2.22. The van der Waals surface area contributed by atoms with Crippen molar-refractivity contribution in [2.24, 2.45) is 0 Å². The number of nitrogens with zero attached hydrogens (tertiary/aromatic N) is 1. The molecule has 0 aliphatic heterocycles. The largest absolute Gasteiger partial charge is 0.373 e. The third-order valence-corrected chi connectivity index (χ3v) is 2.60. The van der Waals surface area contributed by atoms with Crippen molar-refractivity contribution < 1.29 is 0 Å². The average molecular weight is 213 g/mol. The zero-order valence-electron chi connectivity index (χ0n) is 8.97. The Morgan fingerprint density at radius 2 is 2.14 bits per heavy atom. The highest BCUT2D eigenvalue weighted by molar-refractivity contribution is 6.33. The van der Waals surface area contributed by atoms with Crippen LogP contribution in [0.1, 0.15) is 12.5 Å². The zero-order chi connectivity index (χ0) is 10.6. The molecule has 0 saturated carbocycles. The van der Waals surface area contributed by atoms with Crippen molar-refractivity contribution >= 4 is 17.3 Å². The molecule has 0 radical (unpaired) electrons. The highest BCUT2D eigenvalue weighted by Gasteiger charge is 2.09. The number of anilines is 1. The van der Waals surface area contributed by atoms with Gasteiger partial charge in [-0.15, -0.1) is 0 Å². The molecule has 0 bridgehead atoms. The molecule has 78 valence electrons. The van der Waals surface area contributed by atoms with Gasteiger partial charge >= 0.3 is 0 Å². The smallest absolute Gasteiger partial charge is 0.0642 e. The molecule has 0 aliphatic carbocycles. The normalized spacial score (nSPS) is 10.3. The van der Waals surface area contributed by atoms with Crippen LogP contribution in [0.3, 0.4) is 0 Å². The van der Waals surface area contributed by atoms with Gasteiger partial charge in [-0.2, -0.15) is 0 Å². The monoisotopic (exact) mass is 212 g/mol. The van der Waals surface area contributed by atoms with Crippen molar-refractivity contribution in [2.45, 2.75) is 13.5 Å². The molecule has 3 heteroatoms. The van der Waals surface area contributed by atoms with Gasteiger partial charge in [-0.25, -0.2) is 0 Å². The van der Waals surface area contributed by atoms with Crippen LogP contribution in [0.4, 0.5) is 5.69 Å².